The number of hydrogen-bond acceptors (Lipinski definition) is 2. The molecule has 0 spiro atoms. The Morgan fingerprint density at radius 1 is 0.938 bits per heavy atom. The van der Waals surface area contributed by atoms with E-state index in [0.29, 0.717) is 18.7 Å². The SMILES string of the molecule is CC(C)(CN)CC(C)(C)CC(=O)C(C)(C)C. The molecule has 0 rings (SSSR count). The van der Waals surface area contributed by atoms with E-state index < -0.39 is 0 Å². The van der Waals surface area contributed by atoms with Crippen molar-refractivity contribution in [3.8, 4) is 0 Å². The highest BCUT2D eigenvalue weighted by molar-refractivity contribution is 5.84. The van der Waals surface area contributed by atoms with Crippen molar-refractivity contribution in [1.29, 1.82) is 0 Å². The van der Waals surface area contributed by atoms with Crippen LogP contribution in [-0.2, 0) is 4.79 Å². The number of hydrogen-bond donors (Lipinski definition) is 1. The molecule has 96 valence electrons. The van der Waals surface area contributed by atoms with E-state index in [9.17, 15) is 4.79 Å². The molecule has 0 unspecified atom stereocenters. The number of Topliss-reactive ketones (excluding diaryl/α,β-unsaturated/α-hetero) is 1. The van der Waals surface area contributed by atoms with Crippen LogP contribution in [0, 0.1) is 16.2 Å². The molecule has 0 aliphatic rings. The van der Waals surface area contributed by atoms with Gasteiger partial charge in [0.2, 0.25) is 0 Å². The summed E-state index contributed by atoms with van der Waals surface area (Å²) in [5.74, 6) is 0.338. The van der Waals surface area contributed by atoms with Gasteiger partial charge in [-0.3, -0.25) is 4.79 Å². The minimum absolute atomic E-state index is 0.0350. The lowest BCUT2D eigenvalue weighted by Gasteiger charge is -2.35. The molecule has 16 heavy (non-hydrogen) atoms. The highest BCUT2D eigenvalue weighted by Gasteiger charge is 2.33. The zero-order valence-electron chi connectivity index (χ0n) is 12.1. The molecule has 0 saturated carbocycles. The average molecular weight is 227 g/mol. The number of carbonyl (C=O) groups excluding carboxylic acids is 1. The molecule has 0 atom stereocenters. The normalized spacial score (nSPS) is 14.0. The summed E-state index contributed by atoms with van der Waals surface area (Å²) in [6.45, 7) is 15.3. The van der Waals surface area contributed by atoms with E-state index in [-0.39, 0.29) is 16.2 Å². The molecular weight excluding hydrogens is 198 g/mol. The first-order valence-electron chi connectivity index (χ1n) is 6.13. The molecule has 2 N–H and O–H groups in total. The Bertz CT molecular complexity index is 246. The van der Waals surface area contributed by atoms with Crippen LogP contribution in [0.5, 0.6) is 0 Å². The first kappa shape index (κ1) is 15.6. The Morgan fingerprint density at radius 3 is 1.69 bits per heavy atom. The minimum Gasteiger partial charge on any atom is -0.330 e. The van der Waals surface area contributed by atoms with Crippen LogP contribution in [-0.4, -0.2) is 12.3 Å². The van der Waals surface area contributed by atoms with Crippen LogP contribution >= 0.6 is 0 Å². The first-order chi connectivity index (χ1) is 6.90. The van der Waals surface area contributed by atoms with E-state index in [0.717, 1.165) is 6.42 Å². The van der Waals surface area contributed by atoms with Crippen LogP contribution in [0.15, 0.2) is 0 Å². The van der Waals surface area contributed by atoms with Crippen LogP contribution in [0.4, 0.5) is 0 Å². The highest BCUT2D eigenvalue weighted by atomic mass is 16.1. The number of rotatable bonds is 5. The van der Waals surface area contributed by atoms with Gasteiger partial charge in [-0.25, -0.2) is 0 Å². The van der Waals surface area contributed by atoms with Gasteiger partial charge < -0.3 is 5.73 Å². The van der Waals surface area contributed by atoms with Crippen molar-refractivity contribution in [1.82, 2.24) is 0 Å². The van der Waals surface area contributed by atoms with Crippen LogP contribution in [0.2, 0.25) is 0 Å². The van der Waals surface area contributed by atoms with Crippen LogP contribution < -0.4 is 5.73 Å². The standard InChI is InChI=1S/C14H29NO/c1-12(2,3)11(16)8-13(4,5)9-14(6,7)10-15/h8-10,15H2,1-7H3. The second-order valence-electron chi connectivity index (χ2n) is 7.56. The monoisotopic (exact) mass is 227 g/mol. The van der Waals surface area contributed by atoms with E-state index in [1.54, 1.807) is 0 Å². The van der Waals surface area contributed by atoms with E-state index in [2.05, 4.69) is 27.7 Å². The molecule has 0 saturated heterocycles. The van der Waals surface area contributed by atoms with Crippen molar-refractivity contribution in [2.75, 3.05) is 6.54 Å². The lowest BCUT2D eigenvalue weighted by molar-refractivity contribution is -0.128. The lowest BCUT2D eigenvalue weighted by atomic mass is 9.70. The van der Waals surface area contributed by atoms with Gasteiger partial charge in [0.25, 0.3) is 0 Å². The van der Waals surface area contributed by atoms with Gasteiger partial charge in [-0.1, -0.05) is 48.5 Å². The van der Waals surface area contributed by atoms with Gasteiger partial charge in [-0.2, -0.15) is 0 Å². The van der Waals surface area contributed by atoms with Gasteiger partial charge in [0, 0.05) is 11.8 Å². The van der Waals surface area contributed by atoms with E-state index in [4.69, 9.17) is 5.73 Å². The maximum absolute atomic E-state index is 12.0. The summed E-state index contributed by atoms with van der Waals surface area (Å²) >= 11 is 0. The molecule has 0 heterocycles. The van der Waals surface area contributed by atoms with Gasteiger partial charge in [0.1, 0.15) is 5.78 Å². The predicted molar refractivity (Wildman–Crippen MR) is 70.3 cm³/mol. The molecule has 0 aliphatic carbocycles. The average Bonchev–Trinajstić information content (AvgIpc) is 1.99. The van der Waals surface area contributed by atoms with E-state index in [1.165, 1.54) is 0 Å². The second-order valence-corrected chi connectivity index (χ2v) is 7.56. The van der Waals surface area contributed by atoms with E-state index in [1.807, 2.05) is 20.8 Å². The fourth-order valence-electron chi connectivity index (χ4n) is 2.13. The molecule has 0 bridgehead atoms. The van der Waals surface area contributed by atoms with Gasteiger partial charge in [0.15, 0.2) is 0 Å². The van der Waals surface area contributed by atoms with Gasteiger partial charge in [0.05, 0.1) is 0 Å². The van der Waals surface area contributed by atoms with Crippen molar-refractivity contribution in [2.45, 2.75) is 61.3 Å². The summed E-state index contributed by atoms with van der Waals surface area (Å²) in [7, 11) is 0. The Hall–Kier alpha value is -0.370. The first-order valence-corrected chi connectivity index (χ1v) is 6.13. The highest BCUT2D eigenvalue weighted by Crippen LogP contribution is 2.37. The minimum atomic E-state index is -0.232. The summed E-state index contributed by atoms with van der Waals surface area (Å²) in [4.78, 5) is 12.0. The summed E-state index contributed by atoms with van der Waals surface area (Å²) < 4.78 is 0. The second kappa shape index (κ2) is 4.87. The molecule has 0 aromatic heterocycles. The van der Waals surface area contributed by atoms with Gasteiger partial charge >= 0.3 is 0 Å². The number of nitrogens with two attached hydrogens (primary N) is 1. The molecule has 2 nitrogen and oxygen atoms in total. The number of carbonyl (C=O) groups is 1. The molecule has 0 aromatic carbocycles. The third-order valence-corrected chi connectivity index (χ3v) is 2.99. The third-order valence-electron chi connectivity index (χ3n) is 2.99. The summed E-state index contributed by atoms with van der Waals surface area (Å²) in [5.41, 5.74) is 5.66. The maximum atomic E-state index is 12.0. The zero-order chi connectivity index (χ0) is 13.2. The molecule has 2 heteroatoms. The quantitative estimate of drug-likeness (QED) is 0.782. The number of ketones is 1. The summed E-state index contributed by atoms with van der Waals surface area (Å²) in [6, 6.07) is 0. The van der Waals surface area contributed by atoms with Crippen molar-refractivity contribution in [2.24, 2.45) is 22.0 Å². The van der Waals surface area contributed by atoms with Crippen LogP contribution in [0.25, 0.3) is 0 Å². The Morgan fingerprint density at radius 2 is 1.38 bits per heavy atom. The van der Waals surface area contributed by atoms with Crippen LogP contribution in [0.3, 0.4) is 0 Å². The van der Waals surface area contributed by atoms with Crippen molar-refractivity contribution < 1.29 is 4.79 Å². The van der Waals surface area contributed by atoms with Gasteiger partial charge in [-0.15, -0.1) is 0 Å². The third kappa shape index (κ3) is 5.64. The smallest absolute Gasteiger partial charge is 0.138 e. The van der Waals surface area contributed by atoms with Crippen molar-refractivity contribution >= 4 is 5.78 Å². The van der Waals surface area contributed by atoms with E-state index >= 15 is 0 Å². The van der Waals surface area contributed by atoms with Crippen molar-refractivity contribution in [3.05, 3.63) is 0 Å². The largest absolute Gasteiger partial charge is 0.330 e. The molecule has 0 radical (unpaired) electrons. The summed E-state index contributed by atoms with van der Waals surface area (Å²) in [6.07, 6.45) is 1.62. The molecule has 0 aliphatic heterocycles. The van der Waals surface area contributed by atoms with Crippen LogP contribution in [0.1, 0.15) is 61.3 Å². The zero-order valence-corrected chi connectivity index (χ0v) is 12.1. The lowest BCUT2D eigenvalue weighted by Crippen LogP contribution is -2.33. The topological polar surface area (TPSA) is 43.1 Å². The molecular formula is C14H29NO. The predicted octanol–water partition coefficient (Wildman–Crippen LogP) is 3.39. The Balaban J connectivity index is 4.53. The molecule has 0 aromatic rings. The maximum Gasteiger partial charge on any atom is 0.138 e. The Kier molecular flexibility index (Phi) is 4.75. The Labute approximate surface area is 101 Å². The molecule has 0 amide bonds. The van der Waals surface area contributed by atoms with Gasteiger partial charge in [-0.05, 0) is 23.8 Å². The fourth-order valence-corrected chi connectivity index (χ4v) is 2.13. The van der Waals surface area contributed by atoms with Crippen molar-refractivity contribution in [3.63, 3.8) is 0 Å². The fraction of sp³-hybridized carbons (Fsp3) is 0.929. The summed E-state index contributed by atoms with van der Waals surface area (Å²) in [5, 5.41) is 0. The molecule has 0 fully saturated rings.